The van der Waals surface area contributed by atoms with Crippen LogP contribution in [0, 0.1) is 0 Å². The van der Waals surface area contributed by atoms with Crippen molar-refractivity contribution in [3.63, 3.8) is 0 Å². The number of nitrogens with one attached hydrogen (secondary N) is 1. The molecule has 2 unspecified atom stereocenters. The van der Waals surface area contributed by atoms with Crippen molar-refractivity contribution in [2.24, 2.45) is 0 Å². The molecule has 1 saturated heterocycles. The van der Waals surface area contributed by atoms with Gasteiger partial charge in [0.15, 0.2) is 0 Å². The summed E-state index contributed by atoms with van der Waals surface area (Å²) < 4.78 is 7.42. The first-order chi connectivity index (χ1) is 7.75. The topological polar surface area (TPSA) is 39.1 Å². The lowest BCUT2D eigenvalue weighted by atomic mass is 10.2. The first-order valence-corrected chi connectivity index (χ1v) is 6.15. The van der Waals surface area contributed by atoms with Gasteiger partial charge in [0.25, 0.3) is 0 Å². The molecule has 2 atom stereocenters. The molecule has 1 aromatic rings. The molecule has 1 aromatic heterocycles. The zero-order valence-corrected chi connectivity index (χ0v) is 10.3. The normalized spacial score (nSPS) is 22.5. The molecule has 0 amide bonds. The average molecular weight is 244 g/mol. The van der Waals surface area contributed by atoms with Crippen LogP contribution in [0.2, 0.25) is 5.02 Å². The Morgan fingerprint density at radius 3 is 3.25 bits per heavy atom. The molecule has 0 spiro atoms. The van der Waals surface area contributed by atoms with E-state index in [1.807, 2.05) is 10.9 Å². The lowest BCUT2D eigenvalue weighted by molar-refractivity contribution is 0.109. The molecular formula is C11H18ClN3O. The predicted octanol–water partition coefficient (Wildman–Crippen LogP) is 1.87. The number of halogens is 1. The summed E-state index contributed by atoms with van der Waals surface area (Å²) in [5.41, 5.74) is 0. The highest BCUT2D eigenvalue weighted by Gasteiger charge is 2.15. The van der Waals surface area contributed by atoms with E-state index in [9.17, 15) is 0 Å². The van der Waals surface area contributed by atoms with Crippen LogP contribution in [0.15, 0.2) is 12.4 Å². The Hall–Kier alpha value is -0.580. The highest BCUT2D eigenvalue weighted by atomic mass is 35.5. The van der Waals surface area contributed by atoms with Gasteiger partial charge in [0, 0.05) is 25.9 Å². The molecule has 0 radical (unpaired) electrons. The fourth-order valence-electron chi connectivity index (χ4n) is 1.91. The van der Waals surface area contributed by atoms with Gasteiger partial charge in [0.2, 0.25) is 0 Å². The van der Waals surface area contributed by atoms with E-state index in [0.717, 1.165) is 19.7 Å². The molecule has 1 fully saturated rings. The van der Waals surface area contributed by atoms with Gasteiger partial charge < -0.3 is 10.1 Å². The van der Waals surface area contributed by atoms with Crippen molar-refractivity contribution in [1.29, 1.82) is 0 Å². The highest BCUT2D eigenvalue weighted by Crippen LogP contribution is 2.12. The number of rotatable bonds is 5. The number of hydrogen-bond acceptors (Lipinski definition) is 3. The van der Waals surface area contributed by atoms with Gasteiger partial charge in [-0.25, -0.2) is 0 Å². The summed E-state index contributed by atoms with van der Waals surface area (Å²) >= 11 is 5.82. The van der Waals surface area contributed by atoms with Crippen LogP contribution in [0.4, 0.5) is 0 Å². The van der Waals surface area contributed by atoms with Gasteiger partial charge in [0.1, 0.15) is 0 Å². The maximum atomic E-state index is 5.82. The van der Waals surface area contributed by atoms with E-state index in [2.05, 4.69) is 17.3 Å². The smallest absolute Gasteiger partial charge is 0.0785 e. The summed E-state index contributed by atoms with van der Waals surface area (Å²) in [4.78, 5) is 0. The molecule has 2 heterocycles. The second-order valence-corrected chi connectivity index (χ2v) is 4.72. The lowest BCUT2D eigenvalue weighted by Gasteiger charge is -2.15. The quantitative estimate of drug-likeness (QED) is 0.858. The Balaban J connectivity index is 1.69. The third-order valence-electron chi connectivity index (χ3n) is 2.86. The molecular weight excluding hydrogens is 226 g/mol. The molecule has 0 aliphatic carbocycles. The van der Waals surface area contributed by atoms with E-state index in [-0.39, 0.29) is 0 Å². The van der Waals surface area contributed by atoms with Gasteiger partial charge in [0.05, 0.1) is 23.4 Å². The Kier molecular flexibility index (Phi) is 4.21. The Morgan fingerprint density at radius 1 is 1.75 bits per heavy atom. The minimum absolute atomic E-state index is 0.314. The van der Waals surface area contributed by atoms with Crippen LogP contribution >= 0.6 is 11.6 Å². The average Bonchev–Trinajstić information content (AvgIpc) is 2.89. The standard InChI is InChI=1S/C11H18ClN3O/c1-9(15-8-10(12)6-14-15)5-13-7-11-3-2-4-16-11/h6,8-9,11,13H,2-5,7H2,1H3. The summed E-state index contributed by atoms with van der Waals surface area (Å²) in [5, 5.41) is 8.27. The number of nitrogens with zero attached hydrogens (tertiary/aromatic N) is 2. The van der Waals surface area contributed by atoms with Crippen LogP contribution < -0.4 is 5.32 Å². The van der Waals surface area contributed by atoms with Crippen molar-refractivity contribution >= 4 is 11.6 Å². The van der Waals surface area contributed by atoms with E-state index in [1.54, 1.807) is 6.20 Å². The minimum atomic E-state index is 0.314. The fourth-order valence-corrected chi connectivity index (χ4v) is 2.05. The molecule has 0 aromatic carbocycles. The minimum Gasteiger partial charge on any atom is -0.377 e. The maximum absolute atomic E-state index is 5.82. The number of hydrogen-bond donors (Lipinski definition) is 1. The SMILES string of the molecule is CC(CNCC1CCCO1)n1cc(Cl)cn1. The summed E-state index contributed by atoms with van der Waals surface area (Å²) in [6.07, 6.45) is 6.28. The zero-order chi connectivity index (χ0) is 11.4. The third-order valence-corrected chi connectivity index (χ3v) is 3.05. The van der Waals surface area contributed by atoms with Gasteiger partial charge in [-0.1, -0.05) is 11.6 Å². The summed E-state index contributed by atoms with van der Waals surface area (Å²) in [7, 11) is 0. The first-order valence-electron chi connectivity index (χ1n) is 5.77. The maximum Gasteiger partial charge on any atom is 0.0785 e. The van der Waals surface area contributed by atoms with E-state index in [1.165, 1.54) is 12.8 Å². The number of aromatic nitrogens is 2. The second kappa shape index (κ2) is 5.66. The van der Waals surface area contributed by atoms with E-state index < -0.39 is 0 Å². The Bertz CT molecular complexity index is 323. The lowest BCUT2D eigenvalue weighted by Crippen LogP contribution is -2.31. The van der Waals surface area contributed by atoms with Crippen molar-refractivity contribution < 1.29 is 4.74 Å². The predicted molar refractivity (Wildman–Crippen MR) is 63.8 cm³/mol. The number of ether oxygens (including phenoxy) is 1. The van der Waals surface area contributed by atoms with Crippen molar-refractivity contribution in [3.05, 3.63) is 17.4 Å². The first kappa shape index (κ1) is 11.9. The van der Waals surface area contributed by atoms with Gasteiger partial charge in [-0.2, -0.15) is 5.10 Å². The zero-order valence-electron chi connectivity index (χ0n) is 9.53. The third kappa shape index (κ3) is 3.20. The molecule has 5 heteroatoms. The van der Waals surface area contributed by atoms with E-state index in [4.69, 9.17) is 16.3 Å². The molecule has 90 valence electrons. The summed E-state index contributed by atoms with van der Waals surface area (Å²) in [6.45, 7) is 4.85. The van der Waals surface area contributed by atoms with Crippen molar-refractivity contribution in [2.75, 3.05) is 19.7 Å². The molecule has 0 bridgehead atoms. The van der Waals surface area contributed by atoms with Crippen LogP contribution in [-0.4, -0.2) is 35.6 Å². The van der Waals surface area contributed by atoms with Crippen LogP contribution in [0.1, 0.15) is 25.8 Å². The summed E-state index contributed by atoms with van der Waals surface area (Å²) in [6, 6.07) is 0.314. The van der Waals surface area contributed by atoms with Crippen LogP contribution in [0.5, 0.6) is 0 Å². The van der Waals surface area contributed by atoms with E-state index in [0.29, 0.717) is 17.2 Å². The summed E-state index contributed by atoms with van der Waals surface area (Å²) in [5.74, 6) is 0. The molecule has 1 aliphatic rings. The highest BCUT2D eigenvalue weighted by molar-refractivity contribution is 6.30. The van der Waals surface area contributed by atoms with Crippen molar-refractivity contribution in [3.8, 4) is 0 Å². The van der Waals surface area contributed by atoms with Gasteiger partial charge in [-0.15, -0.1) is 0 Å². The molecule has 2 rings (SSSR count). The van der Waals surface area contributed by atoms with Crippen LogP contribution in [-0.2, 0) is 4.74 Å². The van der Waals surface area contributed by atoms with Gasteiger partial charge in [-0.3, -0.25) is 4.68 Å². The molecule has 16 heavy (non-hydrogen) atoms. The van der Waals surface area contributed by atoms with Gasteiger partial charge in [-0.05, 0) is 19.8 Å². The Labute approximate surface area is 101 Å². The van der Waals surface area contributed by atoms with E-state index >= 15 is 0 Å². The molecule has 1 N–H and O–H groups in total. The second-order valence-electron chi connectivity index (χ2n) is 4.28. The Morgan fingerprint density at radius 2 is 2.62 bits per heavy atom. The van der Waals surface area contributed by atoms with Gasteiger partial charge >= 0.3 is 0 Å². The van der Waals surface area contributed by atoms with Crippen molar-refractivity contribution in [2.45, 2.75) is 31.9 Å². The largest absolute Gasteiger partial charge is 0.377 e. The van der Waals surface area contributed by atoms with Crippen molar-refractivity contribution in [1.82, 2.24) is 15.1 Å². The molecule has 4 nitrogen and oxygen atoms in total. The monoisotopic (exact) mass is 243 g/mol. The fraction of sp³-hybridized carbons (Fsp3) is 0.727. The molecule has 1 aliphatic heterocycles. The van der Waals surface area contributed by atoms with Crippen LogP contribution in [0.3, 0.4) is 0 Å². The molecule has 0 saturated carbocycles. The van der Waals surface area contributed by atoms with Crippen LogP contribution in [0.25, 0.3) is 0 Å².